The predicted octanol–water partition coefficient (Wildman–Crippen LogP) is 3.18. The molecular weight excluding hydrogens is 308 g/mol. The van der Waals surface area contributed by atoms with Gasteiger partial charge in [0.05, 0.1) is 10.7 Å². The van der Waals surface area contributed by atoms with Crippen LogP contribution < -0.4 is 10.6 Å². The fourth-order valence-corrected chi connectivity index (χ4v) is 2.87. The first-order chi connectivity index (χ1) is 11.2. The van der Waals surface area contributed by atoms with Crippen LogP contribution in [0.1, 0.15) is 57.2 Å². The molecule has 2 N–H and O–H groups in total. The number of aromatic nitrogens is 1. The van der Waals surface area contributed by atoms with Crippen LogP contribution in [0.3, 0.4) is 0 Å². The fourth-order valence-electron chi connectivity index (χ4n) is 2.00. The highest BCUT2D eigenvalue weighted by Gasteiger charge is 2.05. The van der Waals surface area contributed by atoms with Crippen molar-refractivity contribution in [1.82, 2.24) is 15.6 Å². The number of unbranched alkanes of at least 4 members (excludes halogenated alkanes) is 1. The molecule has 0 radical (unpaired) electrons. The van der Waals surface area contributed by atoms with Crippen LogP contribution in [0.5, 0.6) is 0 Å². The SMILES string of the molecule is CCNC(=NCCCCOCC)NCCc1csc(C(C)C)n1. The van der Waals surface area contributed by atoms with E-state index in [0.29, 0.717) is 5.92 Å². The Bertz CT molecular complexity index is 446. The molecular formula is C17H32N4OS. The largest absolute Gasteiger partial charge is 0.382 e. The Labute approximate surface area is 145 Å². The van der Waals surface area contributed by atoms with Gasteiger partial charge in [-0.15, -0.1) is 11.3 Å². The third-order valence-corrected chi connectivity index (χ3v) is 4.45. The van der Waals surface area contributed by atoms with Crippen LogP contribution in [0.4, 0.5) is 0 Å². The number of hydrogen-bond acceptors (Lipinski definition) is 4. The van der Waals surface area contributed by atoms with Gasteiger partial charge in [0.15, 0.2) is 5.96 Å². The zero-order chi connectivity index (χ0) is 16.9. The number of rotatable bonds is 11. The Morgan fingerprint density at radius 2 is 2.13 bits per heavy atom. The van der Waals surface area contributed by atoms with E-state index in [4.69, 9.17) is 4.74 Å². The van der Waals surface area contributed by atoms with Crippen molar-refractivity contribution >= 4 is 17.3 Å². The van der Waals surface area contributed by atoms with Crippen LogP contribution >= 0.6 is 11.3 Å². The molecule has 0 bridgehead atoms. The van der Waals surface area contributed by atoms with Gasteiger partial charge in [-0.05, 0) is 26.7 Å². The summed E-state index contributed by atoms with van der Waals surface area (Å²) in [7, 11) is 0. The van der Waals surface area contributed by atoms with Crippen LogP contribution in [0.2, 0.25) is 0 Å². The molecule has 0 atom stereocenters. The molecule has 0 aliphatic heterocycles. The zero-order valence-electron chi connectivity index (χ0n) is 15.0. The van der Waals surface area contributed by atoms with Crippen LogP contribution in [0.25, 0.3) is 0 Å². The Balaban J connectivity index is 2.28. The van der Waals surface area contributed by atoms with Crippen molar-refractivity contribution in [2.24, 2.45) is 4.99 Å². The number of nitrogens with one attached hydrogen (secondary N) is 2. The third-order valence-electron chi connectivity index (χ3n) is 3.25. The number of thiazole rings is 1. The van der Waals surface area contributed by atoms with E-state index in [1.165, 1.54) is 10.7 Å². The highest BCUT2D eigenvalue weighted by atomic mass is 32.1. The first-order valence-electron chi connectivity index (χ1n) is 8.71. The average molecular weight is 341 g/mol. The molecule has 0 spiro atoms. The summed E-state index contributed by atoms with van der Waals surface area (Å²) in [5.74, 6) is 1.40. The molecule has 1 rings (SSSR count). The van der Waals surface area contributed by atoms with Crippen molar-refractivity contribution in [3.63, 3.8) is 0 Å². The molecule has 0 unspecified atom stereocenters. The summed E-state index contributed by atoms with van der Waals surface area (Å²) in [5, 5.41) is 10.0. The van der Waals surface area contributed by atoms with Gasteiger partial charge >= 0.3 is 0 Å². The highest BCUT2D eigenvalue weighted by Crippen LogP contribution is 2.19. The van der Waals surface area contributed by atoms with Crippen molar-refractivity contribution in [3.05, 3.63) is 16.1 Å². The van der Waals surface area contributed by atoms with Crippen molar-refractivity contribution in [2.75, 3.05) is 32.8 Å². The number of ether oxygens (including phenoxy) is 1. The van der Waals surface area contributed by atoms with Crippen molar-refractivity contribution in [2.45, 2.75) is 52.9 Å². The molecule has 5 nitrogen and oxygen atoms in total. The Kier molecular flexibility index (Phi) is 10.6. The Hall–Kier alpha value is -1.14. The van der Waals surface area contributed by atoms with E-state index in [1.807, 2.05) is 6.92 Å². The van der Waals surface area contributed by atoms with E-state index in [2.05, 4.69) is 46.8 Å². The molecule has 1 aromatic heterocycles. The fraction of sp³-hybridized carbons (Fsp3) is 0.765. The standard InChI is InChI=1S/C17H32N4OS/c1-5-18-17(19-10-7-8-12-22-6-2)20-11-9-15-13-23-16(21-15)14(3)4/h13-14H,5-12H2,1-4H3,(H2,18,19,20). The van der Waals surface area contributed by atoms with E-state index in [1.54, 1.807) is 11.3 Å². The van der Waals surface area contributed by atoms with Crippen molar-refractivity contribution in [1.29, 1.82) is 0 Å². The first-order valence-corrected chi connectivity index (χ1v) is 9.59. The smallest absolute Gasteiger partial charge is 0.191 e. The molecule has 0 saturated heterocycles. The van der Waals surface area contributed by atoms with Crippen LogP contribution in [0.15, 0.2) is 10.4 Å². The molecule has 6 heteroatoms. The van der Waals surface area contributed by atoms with Gasteiger partial charge in [-0.3, -0.25) is 4.99 Å². The minimum absolute atomic E-state index is 0.511. The van der Waals surface area contributed by atoms with Gasteiger partial charge in [0.25, 0.3) is 0 Å². The molecule has 0 aromatic carbocycles. The highest BCUT2D eigenvalue weighted by molar-refractivity contribution is 7.09. The summed E-state index contributed by atoms with van der Waals surface area (Å²) < 4.78 is 5.33. The van der Waals surface area contributed by atoms with Crippen molar-refractivity contribution < 1.29 is 4.74 Å². The Morgan fingerprint density at radius 3 is 2.78 bits per heavy atom. The summed E-state index contributed by atoms with van der Waals surface area (Å²) in [4.78, 5) is 9.26. The lowest BCUT2D eigenvalue weighted by atomic mass is 10.2. The van der Waals surface area contributed by atoms with E-state index in [9.17, 15) is 0 Å². The van der Waals surface area contributed by atoms with Gasteiger partial charge < -0.3 is 15.4 Å². The second-order valence-electron chi connectivity index (χ2n) is 5.67. The summed E-state index contributed by atoms with van der Waals surface area (Å²) in [6, 6.07) is 0. The zero-order valence-corrected chi connectivity index (χ0v) is 15.8. The predicted molar refractivity (Wildman–Crippen MR) is 99.6 cm³/mol. The summed E-state index contributed by atoms with van der Waals surface area (Å²) in [6.45, 7) is 12.7. The van der Waals surface area contributed by atoms with Gasteiger partial charge in [0.1, 0.15) is 0 Å². The maximum Gasteiger partial charge on any atom is 0.191 e. The lowest BCUT2D eigenvalue weighted by Gasteiger charge is -2.10. The molecule has 1 aromatic rings. The number of guanidine groups is 1. The van der Waals surface area contributed by atoms with Gasteiger partial charge in [0, 0.05) is 50.6 Å². The van der Waals surface area contributed by atoms with E-state index in [0.717, 1.165) is 58.1 Å². The number of hydrogen-bond donors (Lipinski definition) is 2. The Morgan fingerprint density at radius 1 is 1.30 bits per heavy atom. The average Bonchev–Trinajstić information content (AvgIpc) is 3.00. The van der Waals surface area contributed by atoms with Gasteiger partial charge in [-0.25, -0.2) is 4.98 Å². The first kappa shape index (κ1) is 19.9. The third kappa shape index (κ3) is 8.91. The second-order valence-corrected chi connectivity index (χ2v) is 6.56. The van der Waals surface area contributed by atoms with Crippen LogP contribution in [0, 0.1) is 0 Å². The maximum absolute atomic E-state index is 5.33. The minimum atomic E-state index is 0.511. The van der Waals surface area contributed by atoms with Gasteiger partial charge in [-0.2, -0.15) is 0 Å². The van der Waals surface area contributed by atoms with E-state index >= 15 is 0 Å². The number of aliphatic imine (C=N–C) groups is 1. The molecule has 0 fully saturated rings. The summed E-state index contributed by atoms with van der Waals surface area (Å²) in [6.07, 6.45) is 3.05. The quantitative estimate of drug-likeness (QED) is 0.369. The van der Waals surface area contributed by atoms with E-state index < -0.39 is 0 Å². The second kappa shape index (κ2) is 12.3. The summed E-state index contributed by atoms with van der Waals surface area (Å²) in [5.41, 5.74) is 1.17. The topological polar surface area (TPSA) is 58.5 Å². The molecule has 0 aliphatic carbocycles. The van der Waals surface area contributed by atoms with Gasteiger partial charge in [0.2, 0.25) is 0 Å². The van der Waals surface area contributed by atoms with Crippen LogP contribution in [-0.4, -0.2) is 43.8 Å². The molecule has 132 valence electrons. The van der Waals surface area contributed by atoms with Crippen molar-refractivity contribution in [3.8, 4) is 0 Å². The monoisotopic (exact) mass is 340 g/mol. The normalized spacial score (nSPS) is 12.0. The molecule has 0 aliphatic rings. The minimum Gasteiger partial charge on any atom is -0.382 e. The molecule has 1 heterocycles. The molecule has 0 amide bonds. The maximum atomic E-state index is 5.33. The molecule has 0 saturated carbocycles. The lowest BCUT2D eigenvalue weighted by Crippen LogP contribution is -2.38. The number of nitrogens with zero attached hydrogens (tertiary/aromatic N) is 2. The van der Waals surface area contributed by atoms with Gasteiger partial charge in [-0.1, -0.05) is 13.8 Å². The van der Waals surface area contributed by atoms with E-state index in [-0.39, 0.29) is 0 Å². The lowest BCUT2D eigenvalue weighted by molar-refractivity contribution is 0.144. The van der Waals surface area contributed by atoms with Crippen LogP contribution in [-0.2, 0) is 11.2 Å². The summed E-state index contributed by atoms with van der Waals surface area (Å²) >= 11 is 1.75. The molecule has 23 heavy (non-hydrogen) atoms.